The molecule has 2 heterocycles. The number of aliphatic hydroxyl groups excluding tert-OH is 10. The van der Waals surface area contributed by atoms with E-state index in [0.29, 0.717) is 0 Å². The van der Waals surface area contributed by atoms with E-state index in [9.17, 15) is 50.8 Å². The lowest BCUT2D eigenvalue weighted by Crippen LogP contribution is -2.65. The Labute approximate surface area is 187 Å². The van der Waals surface area contributed by atoms with E-state index in [1.807, 2.05) is 0 Å². The average molecular weight is 488 g/mol. The SMILES string of the molecule is C[C@@H]1O[C@@H](O[C@H]2[C@H](O[C@H]([C@H](O)CO)[C@H](O)C(=O)CO)O[C@H](CO)[C@H](O)[C@@H]2O)[C@@H](O)[C@H](O)[C@@H]1O. The van der Waals surface area contributed by atoms with Crippen LogP contribution in [-0.4, -0.2) is 156 Å². The van der Waals surface area contributed by atoms with Crippen molar-refractivity contribution in [2.24, 2.45) is 0 Å². The quantitative estimate of drug-likeness (QED) is 0.137. The van der Waals surface area contributed by atoms with Crippen molar-refractivity contribution < 1.29 is 74.8 Å². The highest BCUT2D eigenvalue weighted by molar-refractivity contribution is 5.84. The standard InChI is InChI=1S/C18H32O15/c1-5-9(24)12(27)14(29)17(30-5)33-16-13(28)11(26)8(4-21)31-18(16)32-15(7(23)3-20)10(25)6(22)2-19/h5,7-21,23-29H,2-4H2,1H3/t5-,7+,8+,9+,10+,11-,12+,13-,14-,15+,16+,17-,18-/m0/s1. The summed E-state index contributed by atoms with van der Waals surface area (Å²) >= 11 is 0. The molecule has 0 bridgehead atoms. The molecule has 0 aromatic heterocycles. The van der Waals surface area contributed by atoms with Crippen LogP contribution in [-0.2, 0) is 23.7 Å². The molecule has 15 nitrogen and oxygen atoms in total. The van der Waals surface area contributed by atoms with E-state index in [1.165, 1.54) is 6.92 Å². The van der Waals surface area contributed by atoms with Crippen LogP contribution in [0.15, 0.2) is 0 Å². The first kappa shape index (κ1) is 28.3. The second-order valence-corrected chi connectivity index (χ2v) is 7.91. The Morgan fingerprint density at radius 2 is 1.52 bits per heavy atom. The number of hydrogen-bond donors (Lipinski definition) is 10. The number of hydrogen-bond acceptors (Lipinski definition) is 15. The highest BCUT2D eigenvalue weighted by Gasteiger charge is 2.51. The summed E-state index contributed by atoms with van der Waals surface area (Å²) in [5.74, 6) is -1.18. The number of ketones is 1. The molecular formula is C18H32O15. The molecule has 2 aliphatic heterocycles. The summed E-state index contributed by atoms with van der Waals surface area (Å²) in [7, 11) is 0. The number of carbonyl (C=O) groups is 1. The van der Waals surface area contributed by atoms with Gasteiger partial charge in [-0.15, -0.1) is 0 Å². The molecular weight excluding hydrogens is 456 g/mol. The molecule has 0 saturated carbocycles. The smallest absolute Gasteiger partial charge is 0.189 e. The van der Waals surface area contributed by atoms with Crippen molar-refractivity contribution in [3.8, 4) is 0 Å². The minimum Gasteiger partial charge on any atom is -0.394 e. The van der Waals surface area contributed by atoms with Crippen molar-refractivity contribution in [3.63, 3.8) is 0 Å². The van der Waals surface area contributed by atoms with E-state index >= 15 is 0 Å². The summed E-state index contributed by atoms with van der Waals surface area (Å²) in [5.41, 5.74) is 0. The normalized spacial score (nSPS) is 42.5. The Morgan fingerprint density at radius 3 is 2.06 bits per heavy atom. The zero-order valence-corrected chi connectivity index (χ0v) is 17.6. The van der Waals surface area contributed by atoms with Gasteiger partial charge in [0.2, 0.25) is 0 Å². The number of ether oxygens (including phenoxy) is 4. The van der Waals surface area contributed by atoms with Gasteiger partial charge < -0.3 is 70.0 Å². The van der Waals surface area contributed by atoms with Crippen molar-refractivity contribution in [2.45, 2.75) is 86.6 Å². The third kappa shape index (κ3) is 6.22. The largest absolute Gasteiger partial charge is 0.394 e. The van der Waals surface area contributed by atoms with Gasteiger partial charge in [-0.3, -0.25) is 4.79 Å². The molecule has 0 radical (unpaired) electrons. The van der Waals surface area contributed by atoms with Gasteiger partial charge in [0.05, 0.1) is 19.3 Å². The average Bonchev–Trinajstić information content (AvgIpc) is 2.81. The Morgan fingerprint density at radius 1 is 0.879 bits per heavy atom. The minimum atomic E-state index is -2.16. The second-order valence-electron chi connectivity index (χ2n) is 7.91. The zero-order chi connectivity index (χ0) is 25.0. The third-order valence-corrected chi connectivity index (χ3v) is 5.58. The highest BCUT2D eigenvalue weighted by atomic mass is 16.8. The number of aliphatic hydroxyl groups is 10. The van der Waals surface area contributed by atoms with Crippen LogP contribution in [0.25, 0.3) is 0 Å². The van der Waals surface area contributed by atoms with Gasteiger partial charge in [-0.1, -0.05) is 0 Å². The van der Waals surface area contributed by atoms with Crippen molar-refractivity contribution in [1.29, 1.82) is 0 Å². The van der Waals surface area contributed by atoms with Crippen LogP contribution in [0.5, 0.6) is 0 Å². The van der Waals surface area contributed by atoms with Crippen LogP contribution in [0.2, 0.25) is 0 Å². The molecule has 0 spiro atoms. The highest BCUT2D eigenvalue weighted by Crippen LogP contribution is 2.30. The zero-order valence-electron chi connectivity index (χ0n) is 17.6. The fourth-order valence-corrected chi connectivity index (χ4v) is 3.50. The van der Waals surface area contributed by atoms with E-state index in [4.69, 9.17) is 24.1 Å². The molecule has 2 fully saturated rings. The van der Waals surface area contributed by atoms with E-state index in [2.05, 4.69) is 0 Å². The van der Waals surface area contributed by atoms with Crippen molar-refractivity contribution in [3.05, 3.63) is 0 Å². The monoisotopic (exact) mass is 488 g/mol. The lowest BCUT2D eigenvalue weighted by Gasteiger charge is -2.46. The van der Waals surface area contributed by atoms with Crippen molar-refractivity contribution >= 4 is 5.78 Å². The van der Waals surface area contributed by atoms with Gasteiger partial charge >= 0.3 is 0 Å². The van der Waals surface area contributed by atoms with Crippen molar-refractivity contribution in [1.82, 2.24) is 0 Å². The first-order valence-corrected chi connectivity index (χ1v) is 10.2. The van der Waals surface area contributed by atoms with E-state index in [1.54, 1.807) is 0 Å². The number of carbonyl (C=O) groups excluding carboxylic acids is 1. The molecule has 2 rings (SSSR count). The summed E-state index contributed by atoms with van der Waals surface area (Å²) < 4.78 is 21.5. The molecule has 0 amide bonds. The van der Waals surface area contributed by atoms with Crippen LogP contribution < -0.4 is 0 Å². The lowest BCUT2D eigenvalue weighted by molar-refractivity contribution is -0.373. The summed E-state index contributed by atoms with van der Waals surface area (Å²) in [4.78, 5) is 11.7. The molecule has 13 atom stereocenters. The fourth-order valence-electron chi connectivity index (χ4n) is 3.50. The van der Waals surface area contributed by atoms with Crippen LogP contribution in [0.1, 0.15) is 6.92 Å². The maximum absolute atomic E-state index is 11.7. The maximum Gasteiger partial charge on any atom is 0.189 e. The second kappa shape index (κ2) is 12.2. The molecule has 194 valence electrons. The van der Waals surface area contributed by atoms with E-state index < -0.39 is 105 Å². The maximum atomic E-state index is 11.7. The Balaban J connectivity index is 2.31. The number of Topliss-reactive ketones (excluding diaryl/α,β-unsaturated/α-hetero) is 1. The topological polar surface area (TPSA) is 256 Å². The Bertz CT molecular complexity index is 622. The molecule has 10 N–H and O–H groups in total. The molecule has 2 saturated heterocycles. The molecule has 0 aromatic rings. The van der Waals surface area contributed by atoms with Gasteiger partial charge in [-0.2, -0.15) is 0 Å². The predicted molar refractivity (Wildman–Crippen MR) is 101 cm³/mol. The summed E-state index contributed by atoms with van der Waals surface area (Å²) in [6.07, 6.45) is -22.4. The Hall–Kier alpha value is -0.890. The molecule has 15 heteroatoms. The molecule has 0 aromatic carbocycles. The molecule has 0 unspecified atom stereocenters. The van der Waals surface area contributed by atoms with Gasteiger partial charge in [0.1, 0.15) is 67.6 Å². The van der Waals surface area contributed by atoms with Gasteiger partial charge in [0, 0.05) is 0 Å². The van der Waals surface area contributed by atoms with Crippen LogP contribution in [0, 0.1) is 0 Å². The van der Waals surface area contributed by atoms with Gasteiger partial charge in [0.25, 0.3) is 0 Å². The van der Waals surface area contributed by atoms with Crippen LogP contribution in [0.3, 0.4) is 0 Å². The summed E-state index contributed by atoms with van der Waals surface area (Å²) in [6.45, 7) is -1.59. The van der Waals surface area contributed by atoms with E-state index in [0.717, 1.165) is 0 Å². The van der Waals surface area contributed by atoms with Crippen LogP contribution in [0.4, 0.5) is 0 Å². The lowest BCUT2D eigenvalue weighted by atomic mass is 9.97. The first-order valence-electron chi connectivity index (χ1n) is 10.2. The van der Waals surface area contributed by atoms with Gasteiger partial charge in [0.15, 0.2) is 18.4 Å². The van der Waals surface area contributed by atoms with Crippen LogP contribution >= 0.6 is 0 Å². The predicted octanol–water partition coefficient (Wildman–Crippen LogP) is -6.70. The van der Waals surface area contributed by atoms with Gasteiger partial charge in [-0.25, -0.2) is 0 Å². The fraction of sp³-hybridized carbons (Fsp3) is 0.944. The molecule has 33 heavy (non-hydrogen) atoms. The summed E-state index contributed by atoms with van der Waals surface area (Å²) in [5, 5.41) is 98.5. The minimum absolute atomic E-state index is 0.819. The number of rotatable bonds is 10. The summed E-state index contributed by atoms with van der Waals surface area (Å²) in [6, 6.07) is 0. The molecule has 2 aliphatic rings. The Kier molecular flexibility index (Phi) is 10.5. The third-order valence-electron chi connectivity index (χ3n) is 5.58. The van der Waals surface area contributed by atoms with E-state index in [-0.39, 0.29) is 0 Å². The first-order chi connectivity index (χ1) is 15.5. The molecule has 0 aliphatic carbocycles. The van der Waals surface area contributed by atoms with Gasteiger partial charge in [-0.05, 0) is 6.92 Å². The van der Waals surface area contributed by atoms with Crippen molar-refractivity contribution in [2.75, 3.05) is 19.8 Å².